The molecule has 0 saturated carbocycles. The van der Waals surface area contributed by atoms with Crippen LogP contribution in [0.2, 0.25) is 0 Å². The molecule has 2 aliphatic rings. The number of pyridine rings is 1. The van der Waals surface area contributed by atoms with Crippen molar-refractivity contribution in [3.63, 3.8) is 0 Å². The van der Waals surface area contributed by atoms with Crippen LogP contribution < -0.4 is 4.90 Å². The van der Waals surface area contributed by atoms with E-state index in [1.54, 1.807) is 6.92 Å². The van der Waals surface area contributed by atoms with Crippen LogP contribution in [0.3, 0.4) is 0 Å². The normalized spacial score (nSPS) is 16.7. The van der Waals surface area contributed by atoms with Crippen LogP contribution in [0.5, 0.6) is 0 Å². The molecular weight excluding hydrogens is 423 g/mol. The van der Waals surface area contributed by atoms with Crippen molar-refractivity contribution < 1.29 is 5.82 Å². The molecule has 3 aromatic rings. The molecule has 0 spiro atoms. The fourth-order valence-electron chi connectivity index (χ4n) is 4.49. The van der Waals surface area contributed by atoms with Gasteiger partial charge in [0.15, 0.2) is 0 Å². The maximum Gasteiger partial charge on any atom is 0.209 e. The number of aromatic nitrogens is 5. The van der Waals surface area contributed by atoms with E-state index in [0.29, 0.717) is 18.9 Å². The Bertz CT molecular complexity index is 1030. The summed E-state index contributed by atoms with van der Waals surface area (Å²) < 4.78 is 14.4. The second kappa shape index (κ2) is 10.1. The van der Waals surface area contributed by atoms with Crippen LogP contribution in [0.15, 0.2) is 12.1 Å². The summed E-state index contributed by atoms with van der Waals surface area (Å²) in [5.74, 6) is 1.33. The Kier molecular flexibility index (Phi) is 7.64. The van der Waals surface area contributed by atoms with Crippen LogP contribution in [0.4, 0.5) is 10.2 Å². The Balaban J connectivity index is 0.000000939. The molecule has 4 heterocycles. The molecule has 3 aromatic heterocycles. The van der Waals surface area contributed by atoms with E-state index >= 15 is 0 Å². The molecule has 0 amide bonds. The number of hydrogen-bond donors (Lipinski definition) is 1. The molecule has 1 N–H and O–H groups in total. The summed E-state index contributed by atoms with van der Waals surface area (Å²) in [6.07, 6.45) is 6.49. The number of fused-ring (bicyclic) bond motifs is 1. The Morgan fingerprint density at radius 3 is 2.53 bits per heavy atom. The molecule has 1 saturated heterocycles. The monoisotopic (exact) mass is 460 g/mol. The molecule has 1 aliphatic heterocycles. The molecule has 0 unspecified atom stereocenters. The summed E-state index contributed by atoms with van der Waals surface area (Å²) in [7, 11) is 0. The van der Waals surface area contributed by atoms with Gasteiger partial charge in [-0.1, -0.05) is 34.6 Å². The number of thiophene rings is 1. The lowest BCUT2D eigenvalue weighted by atomic mass is 9.92. The Morgan fingerprint density at radius 2 is 1.91 bits per heavy atom. The predicted molar refractivity (Wildman–Crippen MR) is 133 cm³/mol. The van der Waals surface area contributed by atoms with E-state index in [2.05, 4.69) is 39.7 Å². The van der Waals surface area contributed by atoms with Gasteiger partial charge in [0.1, 0.15) is 11.5 Å². The first-order valence-corrected chi connectivity index (χ1v) is 12.2. The van der Waals surface area contributed by atoms with Crippen LogP contribution in [0.1, 0.15) is 71.9 Å². The largest absolute Gasteiger partial charge is 0.349 e. The van der Waals surface area contributed by atoms with E-state index in [1.807, 2.05) is 30.1 Å². The average Bonchev–Trinajstić information content (AvgIpc) is 3.40. The third kappa shape index (κ3) is 4.56. The molecule has 0 aromatic carbocycles. The highest BCUT2D eigenvalue weighted by Crippen LogP contribution is 2.46. The first-order valence-electron chi connectivity index (χ1n) is 11.4. The van der Waals surface area contributed by atoms with E-state index in [0.717, 1.165) is 49.2 Å². The van der Waals surface area contributed by atoms with E-state index in [4.69, 9.17) is 4.98 Å². The van der Waals surface area contributed by atoms with Crippen LogP contribution in [-0.2, 0) is 19.3 Å². The van der Waals surface area contributed by atoms with Gasteiger partial charge in [-0.15, -0.1) is 21.5 Å². The Labute approximate surface area is 196 Å². The van der Waals surface area contributed by atoms with Crippen molar-refractivity contribution in [2.75, 3.05) is 18.0 Å². The Morgan fingerprint density at radius 1 is 1.16 bits per heavy atom. The molecular formula is C24H37FN6S. The maximum absolute atomic E-state index is 14.4. The fourth-order valence-corrected chi connectivity index (χ4v) is 5.51. The van der Waals surface area contributed by atoms with Gasteiger partial charge in [0, 0.05) is 22.4 Å². The van der Waals surface area contributed by atoms with E-state index in [-0.39, 0.29) is 8.85 Å². The van der Waals surface area contributed by atoms with Crippen LogP contribution in [0, 0.1) is 0 Å². The van der Waals surface area contributed by atoms with Crippen molar-refractivity contribution in [3.05, 3.63) is 28.3 Å². The number of H-pyrrole nitrogens is 1. The lowest BCUT2D eigenvalue weighted by molar-refractivity contribution is 0.144. The second-order valence-corrected chi connectivity index (χ2v) is 9.46. The molecule has 176 valence electrons. The average molecular weight is 461 g/mol. The highest BCUT2D eigenvalue weighted by atomic mass is 32.1. The van der Waals surface area contributed by atoms with Crippen molar-refractivity contribution >= 4 is 17.2 Å². The smallest absolute Gasteiger partial charge is 0.209 e. The molecule has 32 heavy (non-hydrogen) atoms. The minimum absolute atomic E-state index is 0. The number of nitrogens with one attached hydrogen (secondary N) is 1. The first-order chi connectivity index (χ1) is 15.1. The fraction of sp³-hybridized carbons (Fsp3) is 0.583. The van der Waals surface area contributed by atoms with Gasteiger partial charge in [-0.25, -0.2) is 9.37 Å². The van der Waals surface area contributed by atoms with Gasteiger partial charge < -0.3 is 4.90 Å². The number of alkyl halides is 1. The van der Waals surface area contributed by atoms with Gasteiger partial charge in [-0.05, 0) is 61.9 Å². The third-order valence-electron chi connectivity index (χ3n) is 5.87. The summed E-state index contributed by atoms with van der Waals surface area (Å²) in [4.78, 5) is 9.66. The first kappa shape index (κ1) is 24.3. The number of rotatable bonds is 4. The second-order valence-electron chi connectivity index (χ2n) is 8.30. The van der Waals surface area contributed by atoms with Gasteiger partial charge in [0.2, 0.25) is 5.82 Å². The third-order valence-corrected chi connectivity index (χ3v) is 7.12. The summed E-state index contributed by atoms with van der Waals surface area (Å²) in [5, 5.41) is 15.0. The molecule has 0 radical (unpaired) electrons. The molecule has 0 bridgehead atoms. The van der Waals surface area contributed by atoms with Crippen molar-refractivity contribution in [3.8, 4) is 21.8 Å². The molecule has 1 aliphatic carbocycles. The minimum atomic E-state index is -1.18. The standard InChI is InChI=1S/C21H25FN6S.C2H6.CH4.H2/c1-3-13-9-10-16(29-13)17-14-7-5-4-6-8-15(14)23-20(28-11-21(2,22)12-28)18(17)19-24-26-27-25-19;1-2;;/h9-10H,3-8,11-12H2,1-2H3,(H,24,25,26,27);1-2H3;1H4;1H. The number of hydrogen-bond acceptors (Lipinski definition) is 6. The van der Waals surface area contributed by atoms with Crippen molar-refractivity contribution in [1.29, 1.82) is 0 Å². The van der Waals surface area contributed by atoms with Gasteiger partial charge >= 0.3 is 0 Å². The summed E-state index contributed by atoms with van der Waals surface area (Å²) in [5.41, 5.74) is 3.34. The van der Waals surface area contributed by atoms with E-state index < -0.39 is 5.67 Å². The number of halogens is 1. The van der Waals surface area contributed by atoms with E-state index in [9.17, 15) is 4.39 Å². The highest BCUT2D eigenvalue weighted by molar-refractivity contribution is 7.15. The zero-order valence-corrected chi connectivity index (χ0v) is 19.7. The van der Waals surface area contributed by atoms with Crippen molar-refractivity contribution in [2.45, 2.75) is 79.3 Å². The van der Waals surface area contributed by atoms with Crippen molar-refractivity contribution in [1.82, 2.24) is 25.6 Å². The molecule has 8 heteroatoms. The minimum Gasteiger partial charge on any atom is -0.349 e. The van der Waals surface area contributed by atoms with Crippen LogP contribution >= 0.6 is 11.3 Å². The molecule has 6 nitrogen and oxygen atoms in total. The number of aromatic amines is 1. The number of tetrazole rings is 1. The maximum atomic E-state index is 14.4. The number of anilines is 1. The van der Waals surface area contributed by atoms with Crippen molar-refractivity contribution in [2.24, 2.45) is 0 Å². The predicted octanol–water partition coefficient (Wildman–Crippen LogP) is 6.28. The van der Waals surface area contributed by atoms with E-state index in [1.165, 1.54) is 27.3 Å². The number of nitrogens with zero attached hydrogens (tertiary/aromatic N) is 5. The number of aryl methyl sites for hydroxylation is 2. The lowest BCUT2D eigenvalue weighted by Gasteiger charge is -2.44. The molecule has 0 atom stereocenters. The summed E-state index contributed by atoms with van der Waals surface area (Å²) >= 11 is 1.82. The zero-order chi connectivity index (χ0) is 22.0. The zero-order valence-electron chi connectivity index (χ0n) is 18.8. The summed E-state index contributed by atoms with van der Waals surface area (Å²) in [6.45, 7) is 8.51. The lowest BCUT2D eigenvalue weighted by Crippen LogP contribution is -2.57. The quantitative estimate of drug-likeness (QED) is 0.464. The van der Waals surface area contributed by atoms with Crippen LogP contribution in [-0.4, -0.2) is 44.4 Å². The Hall–Kier alpha value is -2.35. The van der Waals surface area contributed by atoms with Gasteiger partial charge in [0.25, 0.3) is 0 Å². The molecule has 1 fully saturated rings. The molecule has 5 rings (SSSR count). The van der Waals surface area contributed by atoms with Gasteiger partial charge in [-0.3, -0.25) is 0 Å². The van der Waals surface area contributed by atoms with Gasteiger partial charge in [0.05, 0.1) is 18.7 Å². The van der Waals surface area contributed by atoms with Crippen LogP contribution in [0.25, 0.3) is 21.8 Å². The topological polar surface area (TPSA) is 70.6 Å². The SMILES string of the molecule is C.CC.CCc1ccc(-c2c3c(nc(N4CC(C)(F)C4)c2-c2nn[nH]n2)CCCCC3)s1.[HH]. The summed E-state index contributed by atoms with van der Waals surface area (Å²) in [6, 6.07) is 4.40. The van der Waals surface area contributed by atoms with Gasteiger partial charge in [-0.2, -0.15) is 5.21 Å². The highest BCUT2D eigenvalue weighted by Gasteiger charge is 2.42.